The Morgan fingerprint density at radius 3 is 2.41 bits per heavy atom. The highest BCUT2D eigenvalue weighted by Gasteiger charge is 2.36. The van der Waals surface area contributed by atoms with Gasteiger partial charge in [-0.3, -0.25) is 4.90 Å². The Labute approximate surface area is 204 Å². The quantitative estimate of drug-likeness (QED) is 0.335. The lowest BCUT2D eigenvalue weighted by Crippen LogP contribution is -2.46. The molecule has 4 aromatic rings. The molecule has 2 heterocycles. The van der Waals surface area contributed by atoms with Crippen molar-refractivity contribution in [3.63, 3.8) is 0 Å². The van der Waals surface area contributed by atoms with E-state index in [1.165, 1.54) is 17.0 Å². The van der Waals surface area contributed by atoms with Gasteiger partial charge >= 0.3 is 6.03 Å². The van der Waals surface area contributed by atoms with Gasteiger partial charge in [0.15, 0.2) is 0 Å². The first-order valence-electron chi connectivity index (χ1n) is 10.3. The third-order valence-electron chi connectivity index (χ3n) is 5.49. The first-order valence-corrected chi connectivity index (χ1v) is 11.1. The lowest BCUT2D eigenvalue weighted by atomic mass is 9.94. The molecule has 5 rings (SSSR count). The number of hydrogen-bond donors (Lipinski definition) is 1. The molecular formula is C25H17Cl2FN4O2. The average Bonchev–Trinajstić information content (AvgIpc) is 3.29. The Kier molecular flexibility index (Phi) is 5.81. The van der Waals surface area contributed by atoms with Gasteiger partial charge in [0.25, 0.3) is 5.89 Å². The lowest BCUT2D eigenvalue weighted by molar-refractivity contribution is 0.244. The van der Waals surface area contributed by atoms with E-state index in [1.807, 2.05) is 6.07 Å². The van der Waals surface area contributed by atoms with Gasteiger partial charge in [0.05, 0.1) is 17.3 Å². The van der Waals surface area contributed by atoms with Crippen molar-refractivity contribution in [1.82, 2.24) is 15.5 Å². The molecule has 0 bridgehead atoms. The summed E-state index contributed by atoms with van der Waals surface area (Å²) < 4.78 is 19.0. The van der Waals surface area contributed by atoms with Crippen molar-refractivity contribution >= 4 is 40.5 Å². The van der Waals surface area contributed by atoms with Crippen LogP contribution in [0.1, 0.15) is 24.4 Å². The molecule has 1 N–H and O–H groups in total. The molecular weight excluding hydrogens is 478 g/mol. The molecule has 1 aromatic heterocycles. The highest BCUT2D eigenvalue weighted by Crippen LogP contribution is 2.40. The van der Waals surface area contributed by atoms with Crippen LogP contribution in [0.3, 0.4) is 0 Å². The topological polar surface area (TPSA) is 71.3 Å². The summed E-state index contributed by atoms with van der Waals surface area (Å²) in [5.74, 6) is 0.152. The van der Waals surface area contributed by atoms with Crippen LogP contribution in [0.4, 0.5) is 14.9 Å². The van der Waals surface area contributed by atoms with Crippen molar-refractivity contribution in [2.45, 2.75) is 13.0 Å². The van der Waals surface area contributed by atoms with Crippen LogP contribution in [0.15, 0.2) is 83.0 Å². The zero-order valence-electron chi connectivity index (χ0n) is 17.8. The Balaban J connectivity index is 1.66. The average molecular weight is 495 g/mol. The van der Waals surface area contributed by atoms with Crippen molar-refractivity contribution < 1.29 is 13.7 Å². The molecule has 3 aromatic carbocycles. The maximum absolute atomic E-state index is 13.4. The van der Waals surface area contributed by atoms with Crippen LogP contribution in [0.2, 0.25) is 10.0 Å². The van der Waals surface area contributed by atoms with E-state index in [0.717, 1.165) is 5.56 Å². The fourth-order valence-corrected chi connectivity index (χ4v) is 4.31. The number of anilines is 1. The van der Waals surface area contributed by atoms with Gasteiger partial charge in [0.1, 0.15) is 5.82 Å². The van der Waals surface area contributed by atoms with Gasteiger partial charge in [0, 0.05) is 21.3 Å². The van der Waals surface area contributed by atoms with Crippen LogP contribution < -0.4 is 10.2 Å². The Morgan fingerprint density at radius 2 is 1.71 bits per heavy atom. The van der Waals surface area contributed by atoms with Gasteiger partial charge in [-0.1, -0.05) is 46.6 Å². The number of halogens is 3. The van der Waals surface area contributed by atoms with Gasteiger partial charge in [-0.2, -0.15) is 4.98 Å². The summed E-state index contributed by atoms with van der Waals surface area (Å²) >= 11 is 12.4. The molecule has 170 valence electrons. The number of hydrogen-bond acceptors (Lipinski definition) is 4. The van der Waals surface area contributed by atoms with E-state index in [-0.39, 0.29) is 17.7 Å². The van der Waals surface area contributed by atoms with Crippen molar-refractivity contribution in [2.75, 3.05) is 4.90 Å². The summed E-state index contributed by atoms with van der Waals surface area (Å²) in [6, 6.07) is 19.0. The van der Waals surface area contributed by atoms with Crippen molar-refractivity contribution in [3.8, 4) is 11.4 Å². The second kappa shape index (κ2) is 8.93. The van der Waals surface area contributed by atoms with E-state index in [1.54, 1.807) is 61.5 Å². The molecule has 9 heteroatoms. The number of amides is 2. The molecule has 1 unspecified atom stereocenters. The van der Waals surface area contributed by atoms with Crippen LogP contribution in [0, 0.1) is 5.82 Å². The number of benzene rings is 3. The lowest BCUT2D eigenvalue weighted by Gasteiger charge is -2.35. The largest absolute Gasteiger partial charge is 0.334 e. The number of carbonyl (C=O) groups is 1. The maximum Gasteiger partial charge on any atom is 0.326 e. The van der Waals surface area contributed by atoms with Crippen LogP contribution >= 0.6 is 23.2 Å². The monoisotopic (exact) mass is 494 g/mol. The van der Waals surface area contributed by atoms with Crippen molar-refractivity contribution in [1.29, 1.82) is 0 Å². The Bertz CT molecular complexity index is 1420. The third-order valence-corrected chi connectivity index (χ3v) is 5.96. The predicted octanol–water partition coefficient (Wildman–Crippen LogP) is 6.88. The molecule has 0 saturated carbocycles. The minimum atomic E-state index is -0.594. The number of nitrogens with one attached hydrogen (secondary N) is 1. The van der Waals surface area contributed by atoms with Gasteiger partial charge in [-0.15, -0.1) is 0 Å². The van der Waals surface area contributed by atoms with E-state index < -0.39 is 6.04 Å². The molecule has 1 atom stereocenters. The molecule has 34 heavy (non-hydrogen) atoms. The second-order valence-corrected chi connectivity index (χ2v) is 8.55. The SMILES string of the molecule is CC1=C(c2nc(-c3ccc(F)cc3)no2)C(c2cccc(Cl)c2)NC(=O)N1c1cccc(Cl)c1. The molecule has 1 aliphatic rings. The van der Waals surface area contributed by atoms with Crippen molar-refractivity contribution in [2.24, 2.45) is 0 Å². The summed E-state index contributed by atoms with van der Waals surface area (Å²) in [5.41, 5.74) is 3.12. The first-order chi connectivity index (χ1) is 16.4. The van der Waals surface area contributed by atoms with E-state index in [4.69, 9.17) is 27.7 Å². The van der Waals surface area contributed by atoms with Crippen LogP contribution in [0.25, 0.3) is 17.0 Å². The van der Waals surface area contributed by atoms with Gasteiger partial charge in [-0.05, 0) is 67.1 Å². The van der Waals surface area contributed by atoms with Gasteiger partial charge in [-0.25, -0.2) is 9.18 Å². The molecule has 2 amide bonds. The van der Waals surface area contributed by atoms with Gasteiger partial charge < -0.3 is 9.84 Å². The predicted molar refractivity (Wildman–Crippen MR) is 129 cm³/mol. The van der Waals surface area contributed by atoms with Crippen LogP contribution in [-0.2, 0) is 0 Å². The van der Waals surface area contributed by atoms with Crippen LogP contribution in [-0.4, -0.2) is 16.2 Å². The normalized spacial score (nSPS) is 16.1. The third kappa shape index (κ3) is 4.16. The second-order valence-electron chi connectivity index (χ2n) is 7.68. The summed E-state index contributed by atoms with van der Waals surface area (Å²) in [6.45, 7) is 1.80. The van der Waals surface area contributed by atoms with E-state index >= 15 is 0 Å². The molecule has 1 aliphatic heterocycles. The molecule has 0 saturated heterocycles. The Morgan fingerprint density at radius 1 is 1.00 bits per heavy atom. The van der Waals surface area contributed by atoms with Crippen molar-refractivity contribution in [3.05, 3.63) is 106 Å². The van der Waals surface area contributed by atoms with Crippen LogP contribution in [0.5, 0.6) is 0 Å². The zero-order chi connectivity index (χ0) is 23.8. The first kappa shape index (κ1) is 22.1. The smallest absolute Gasteiger partial charge is 0.326 e. The molecule has 6 nitrogen and oxygen atoms in total. The highest BCUT2D eigenvalue weighted by atomic mass is 35.5. The number of rotatable bonds is 4. The maximum atomic E-state index is 13.4. The number of urea groups is 1. The highest BCUT2D eigenvalue weighted by molar-refractivity contribution is 6.31. The van der Waals surface area contributed by atoms with E-state index in [2.05, 4.69) is 15.5 Å². The number of allylic oxidation sites excluding steroid dienone is 1. The summed E-state index contributed by atoms with van der Waals surface area (Å²) in [4.78, 5) is 19.3. The summed E-state index contributed by atoms with van der Waals surface area (Å²) in [6.07, 6.45) is 0. The Hall–Kier alpha value is -3.68. The van der Waals surface area contributed by atoms with Gasteiger partial charge in [0.2, 0.25) is 5.82 Å². The summed E-state index contributed by atoms with van der Waals surface area (Å²) in [5, 5.41) is 8.11. The minimum absolute atomic E-state index is 0.217. The molecule has 0 fully saturated rings. The zero-order valence-corrected chi connectivity index (χ0v) is 19.3. The van der Waals surface area contributed by atoms with E-state index in [9.17, 15) is 9.18 Å². The fourth-order valence-electron chi connectivity index (χ4n) is 3.93. The number of nitrogens with zero attached hydrogens (tertiary/aromatic N) is 3. The summed E-state index contributed by atoms with van der Waals surface area (Å²) in [7, 11) is 0. The number of carbonyl (C=O) groups excluding carboxylic acids is 1. The number of aromatic nitrogens is 2. The molecule has 0 spiro atoms. The minimum Gasteiger partial charge on any atom is -0.334 e. The van der Waals surface area contributed by atoms with E-state index in [0.29, 0.717) is 38.4 Å². The molecule has 0 radical (unpaired) electrons. The molecule has 0 aliphatic carbocycles. The fraction of sp³-hybridized carbons (Fsp3) is 0.0800. The standard InChI is InChI=1S/C25H17Cl2FN4O2/c1-14-21(24-30-23(31-34-24)15-8-10-19(28)11-9-15)22(16-4-2-5-17(26)12-16)29-25(33)32(14)20-7-3-6-18(27)13-20/h2-13,22H,1H3,(H,29,33).